The van der Waals surface area contributed by atoms with Gasteiger partial charge in [-0.2, -0.15) is 212 Å². The summed E-state index contributed by atoms with van der Waals surface area (Å²) < 4.78 is 15.7. The van der Waals surface area contributed by atoms with Gasteiger partial charge in [0.1, 0.15) is 0 Å². The molecule has 0 bridgehead atoms. The predicted molar refractivity (Wildman–Crippen MR) is 591 cm³/mol. The van der Waals surface area contributed by atoms with Crippen LogP contribution in [0.4, 0.5) is 0 Å². The average molecular weight is 2330 g/mol. The van der Waals surface area contributed by atoms with Crippen molar-refractivity contribution in [2.45, 2.75) is 27.7 Å². The van der Waals surface area contributed by atoms with Crippen LogP contribution in [0.3, 0.4) is 0 Å². The normalized spacial score (nSPS) is 11.1. The van der Waals surface area contributed by atoms with Gasteiger partial charge in [-0.15, -0.1) is 77.5 Å². The van der Waals surface area contributed by atoms with E-state index in [9.17, 15) is 0 Å². The first-order valence-corrected chi connectivity index (χ1v) is 47.4. The van der Waals surface area contributed by atoms with Gasteiger partial charge in [-0.1, -0.05) is 210 Å². The zero-order chi connectivity index (χ0) is 95.9. The maximum Gasteiger partial charge on any atom is 0.0521 e. The fourth-order valence-corrected chi connectivity index (χ4v) is 19.9. The summed E-state index contributed by atoms with van der Waals surface area (Å²) in [6.45, 7) is 8.39. The van der Waals surface area contributed by atoms with Crippen LogP contribution >= 0.6 is 0 Å². The summed E-state index contributed by atoms with van der Waals surface area (Å²) in [4.78, 5) is 0. The quantitative estimate of drug-likeness (QED) is 0.102. The first kappa shape index (κ1) is 111. The number of hydrogen-bond acceptors (Lipinski definition) is 0. The minimum absolute atomic E-state index is 0. The Morgan fingerprint density at radius 2 is 0.685 bits per heavy atom. The molecule has 7 aromatic heterocycles. The van der Waals surface area contributed by atoms with Crippen molar-refractivity contribution < 1.29 is 196 Å². The van der Waals surface area contributed by atoms with Gasteiger partial charge in [-0.3, -0.25) is 0 Å². The number of aryl methyl sites for hydroxylation is 8. The van der Waals surface area contributed by atoms with Gasteiger partial charge in [0.25, 0.3) is 0 Å². The van der Waals surface area contributed by atoms with Crippen LogP contribution < -0.4 is 0 Å². The van der Waals surface area contributed by atoms with Crippen molar-refractivity contribution in [3.05, 3.63) is 508 Å². The number of hydrogen-bond donors (Lipinski definition) is 0. The standard InChI is InChI=1S/5C19H13N.C19H19N.C19H17N.6Y/c1-20-18-13-6-5-10-16(18)17-12-7-11-15(19(17)20)14-8-3-2-4-9-14;1-20-17-12-6-5-10-16(17)19-15(11-7-13-18(19)20)14-8-3-2-4-9-14;2*1-20-18-10-6-5-9-16(18)17-13-15(11-12-19(17)20)14-7-3-2-4-8-14;1-20-18-10-6-5-9-16(18)17-12-11-15(13-19(17)20)14-7-3-2-4-8-14;1-4-16(15-10-6-5-7-11-15)19-14(2)17-12-8-9-13-18(17)20(19)3;1-4-5-8-14(2)15-11-12-17-16-9-6-7-10-18(16)20(3)19(17)13-15;;;;;;/h2*2-8,10,12-13H,1H3;2-7,9-10,12-13H,1H3;2-7,9-12H,1H3;2-7,9-10,12-13H,1H3;4-13H,1-3H3;4-7,9-12H,1-3H3;;;;;;/q5*-2;;-2;;;;;;/b;;;;;16-4-;5-4-;;;;;;. The van der Waals surface area contributed by atoms with Crippen molar-refractivity contribution >= 4 is 153 Å². The summed E-state index contributed by atoms with van der Waals surface area (Å²) in [6, 6.07) is 173. The van der Waals surface area contributed by atoms with Gasteiger partial charge in [-0.25, -0.2) is 67.3 Å². The Hall–Kier alpha value is -10.6. The van der Waals surface area contributed by atoms with Gasteiger partial charge >= 0.3 is 0 Å². The number of benzene rings is 19. The van der Waals surface area contributed by atoms with E-state index in [1.807, 2.05) is 122 Å². The first-order valence-electron chi connectivity index (χ1n) is 47.4. The van der Waals surface area contributed by atoms with Crippen molar-refractivity contribution in [2.75, 3.05) is 0 Å². The third-order valence-electron chi connectivity index (χ3n) is 26.9. The number of para-hydroxylation sites is 7. The molecule has 0 saturated heterocycles. The molecule has 0 aliphatic rings. The maximum atomic E-state index is 3.55. The molecule has 0 fully saturated rings. The Balaban J connectivity index is 0.000000134. The Morgan fingerprint density at radius 3 is 1.23 bits per heavy atom. The second kappa shape index (κ2) is 51.0. The molecule has 26 rings (SSSR count). The molecule has 6 radical (unpaired) electrons. The molecular weight excluding hydrogens is 2230 g/mol. The van der Waals surface area contributed by atoms with E-state index in [1.54, 1.807) is 0 Å². The molecule has 146 heavy (non-hydrogen) atoms. The summed E-state index contributed by atoms with van der Waals surface area (Å²) in [5, 5.41) is 16.5. The largest absolute Gasteiger partial charge is 0.392 e. The molecule has 0 saturated carbocycles. The van der Waals surface area contributed by atoms with E-state index >= 15 is 0 Å². The Labute approximate surface area is 1010 Å². The van der Waals surface area contributed by atoms with Crippen LogP contribution in [0.5, 0.6) is 0 Å². The predicted octanol–water partition coefficient (Wildman–Crippen LogP) is 32.8. The van der Waals surface area contributed by atoms with Gasteiger partial charge < -0.3 is 32.0 Å². The molecule has 0 aliphatic carbocycles. The number of allylic oxidation sites excluding steroid dienone is 5. The van der Waals surface area contributed by atoms with E-state index in [2.05, 4.69) is 472 Å². The summed E-state index contributed by atoms with van der Waals surface area (Å²) in [7, 11) is 14.8. The number of nitrogens with zero attached hydrogens (tertiary/aromatic N) is 7. The molecule has 26 aromatic rings. The van der Waals surface area contributed by atoms with Crippen LogP contribution in [0.1, 0.15) is 43.2 Å². The molecule has 7 heterocycles. The monoisotopic (exact) mass is 2330 g/mol. The topological polar surface area (TPSA) is 34.5 Å². The first-order chi connectivity index (χ1) is 68.7. The molecule has 0 atom stereocenters. The fraction of sp³-hybridized carbons (Fsp3) is 0.0827. The molecule has 0 amide bonds. The molecular formula is C133H101N7Y6-12. The third-order valence-corrected chi connectivity index (χ3v) is 26.9. The second-order valence-corrected chi connectivity index (χ2v) is 35.0. The van der Waals surface area contributed by atoms with E-state index in [0.717, 1.165) is 72.3 Å². The summed E-state index contributed by atoms with van der Waals surface area (Å²) in [5.74, 6) is 0. The average Bonchev–Trinajstić information content (AvgIpc) is 1.59. The van der Waals surface area contributed by atoms with E-state index in [-0.39, 0.29) is 196 Å². The Kier molecular flexibility index (Phi) is 38.8. The van der Waals surface area contributed by atoms with Crippen molar-refractivity contribution in [1.82, 2.24) is 32.0 Å². The van der Waals surface area contributed by atoms with Gasteiger partial charge in [0, 0.05) is 295 Å². The van der Waals surface area contributed by atoms with Crippen LogP contribution in [-0.2, 0) is 246 Å². The van der Waals surface area contributed by atoms with Crippen LogP contribution in [0, 0.1) is 79.7 Å². The minimum Gasteiger partial charge on any atom is -0.392 e. The molecule has 0 spiro atoms. The van der Waals surface area contributed by atoms with Crippen molar-refractivity contribution in [1.29, 1.82) is 0 Å². The molecule has 0 N–H and O–H groups in total. The number of rotatable bonds is 9. The zero-order valence-electron chi connectivity index (χ0n) is 83.9. The maximum absolute atomic E-state index is 3.55. The van der Waals surface area contributed by atoms with E-state index in [4.69, 9.17) is 0 Å². The van der Waals surface area contributed by atoms with Crippen LogP contribution in [0.15, 0.2) is 413 Å². The van der Waals surface area contributed by atoms with Gasteiger partial charge in [0.15, 0.2) is 0 Å². The molecule has 13 heteroatoms. The third kappa shape index (κ3) is 22.8. The van der Waals surface area contributed by atoms with Crippen LogP contribution in [0.25, 0.3) is 209 Å². The Morgan fingerprint density at radius 1 is 0.267 bits per heavy atom. The smallest absolute Gasteiger partial charge is 0.0521 e. The van der Waals surface area contributed by atoms with Gasteiger partial charge in [0.05, 0.1) is 5.69 Å². The summed E-state index contributed by atoms with van der Waals surface area (Å²) >= 11 is 0. The van der Waals surface area contributed by atoms with E-state index in [0.29, 0.717) is 0 Å². The molecule has 19 aromatic carbocycles. The van der Waals surface area contributed by atoms with Gasteiger partial charge in [-0.05, 0) is 122 Å². The molecule has 0 unspecified atom stereocenters. The van der Waals surface area contributed by atoms with Crippen LogP contribution in [-0.4, -0.2) is 32.0 Å². The molecule has 0 aliphatic heterocycles. The van der Waals surface area contributed by atoms with Crippen LogP contribution in [0.2, 0.25) is 0 Å². The summed E-state index contributed by atoms with van der Waals surface area (Å²) in [5.41, 5.74) is 34.4. The Bertz CT molecular complexity index is 8890. The van der Waals surface area contributed by atoms with Crippen molar-refractivity contribution in [3.63, 3.8) is 0 Å². The minimum atomic E-state index is 0. The van der Waals surface area contributed by atoms with Crippen molar-refractivity contribution in [2.24, 2.45) is 49.3 Å². The fourth-order valence-electron chi connectivity index (χ4n) is 19.9. The van der Waals surface area contributed by atoms with Crippen molar-refractivity contribution in [3.8, 4) is 55.6 Å². The number of fused-ring (bicyclic) bond motifs is 19. The second-order valence-electron chi connectivity index (χ2n) is 35.0. The number of aromatic nitrogens is 7. The SMILES string of the molecule is C/C=C(/c1ccccc1)c1c(C)c2ccccc2n1C.C/C=C\[C-]=C(C)c1[c-]c2c(cc1)c1ccccc1n2C.Cn1c2c[c-]c(-c3[c-]cccc3)cc2c2ccccc21.Cn1c2ccc(-c3[c-]cccc3)[c-]c2c2ccccc21.Cn1c2ccccc2c2c(-c3[c-]cccc3)[c-]ccc21.Cn1c2ccccc2c2c[c-]c(-c3[c-]cccc3)cc21.Cn1c2ccccc2c2cc[c-]c(-c3[c-]cccc3)c21.[Y].[Y].[Y].[Y].[Y].[Y]. The van der Waals surface area contributed by atoms with E-state index in [1.165, 1.54) is 159 Å². The van der Waals surface area contributed by atoms with Gasteiger partial charge in [0.2, 0.25) is 0 Å². The molecule has 698 valence electrons. The zero-order valence-corrected chi connectivity index (χ0v) is 101. The summed E-state index contributed by atoms with van der Waals surface area (Å²) in [6.07, 6.45) is 9.39. The van der Waals surface area contributed by atoms with E-state index < -0.39 is 0 Å². The molecule has 7 nitrogen and oxygen atoms in total.